The monoisotopic (exact) mass is 512 g/mol. The zero-order valence-corrected chi connectivity index (χ0v) is 26.4. The van der Waals surface area contributed by atoms with E-state index in [1.54, 1.807) is 5.57 Å². The first-order valence-electron chi connectivity index (χ1n) is 14.2. The van der Waals surface area contributed by atoms with E-state index in [0.717, 1.165) is 19.3 Å². The van der Waals surface area contributed by atoms with E-state index in [1.165, 1.54) is 52.3 Å². The van der Waals surface area contributed by atoms with Crippen molar-refractivity contribution in [3.63, 3.8) is 0 Å². The summed E-state index contributed by atoms with van der Waals surface area (Å²) < 4.78 is 0. The Balaban J connectivity index is 0.00000210. The number of benzene rings is 4. The Hall–Kier alpha value is -0.990. The first-order chi connectivity index (χ1) is 18.2. The Morgan fingerprint density at radius 1 is 0.610 bits per heavy atom. The molecular formula is C37H40Li4+2. The molecule has 3 unspecified atom stereocenters. The largest absolute Gasteiger partial charge is 1.00 e. The van der Waals surface area contributed by atoms with Gasteiger partial charge in [0.15, 0.2) is 0 Å². The maximum Gasteiger partial charge on any atom is 1.00 e. The molecule has 41 heavy (non-hydrogen) atoms. The van der Waals surface area contributed by atoms with Gasteiger partial charge in [0, 0.05) is 5.92 Å². The van der Waals surface area contributed by atoms with Gasteiger partial charge in [-0.3, -0.25) is 0 Å². The molecule has 0 radical (unpaired) electrons. The molecule has 0 N–H and O–H groups in total. The van der Waals surface area contributed by atoms with Crippen LogP contribution in [0.4, 0.5) is 0 Å². The molecule has 0 amide bonds. The topological polar surface area (TPSA) is 0 Å². The van der Waals surface area contributed by atoms with E-state index in [9.17, 15) is 0 Å². The van der Waals surface area contributed by atoms with Gasteiger partial charge in [0.2, 0.25) is 0 Å². The van der Waals surface area contributed by atoms with Crippen LogP contribution >= 0.6 is 0 Å². The molecule has 1 aliphatic carbocycles. The van der Waals surface area contributed by atoms with Crippen LogP contribution in [0.3, 0.4) is 0 Å². The normalized spacial score (nSPS) is 14.6. The standard InChI is InChI=1S/C37H40.4Li/c1-28(19-23-30-11-5-3-6-12-30)21-25-33-27-34(26-22-29(2)20-24-31-13-7-4-8-14-31)36-18-10-16-32-15-9-17-35(33)37(32)36;;;;/h3-18,23-24,27-29,33H,19-22,25-26H2,1-2H3;;;;/q-2;4*+1. The fourth-order valence-corrected chi connectivity index (χ4v) is 5.78. The van der Waals surface area contributed by atoms with Crippen molar-refractivity contribution in [1.29, 1.82) is 0 Å². The minimum Gasteiger partial charge on any atom is -0.192 e. The summed E-state index contributed by atoms with van der Waals surface area (Å²) in [4.78, 5) is 0. The van der Waals surface area contributed by atoms with E-state index in [0.29, 0.717) is 17.8 Å². The van der Waals surface area contributed by atoms with E-state index < -0.39 is 0 Å². The van der Waals surface area contributed by atoms with Gasteiger partial charge in [-0.1, -0.05) is 99.6 Å². The summed E-state index contributed by atoms with van der Waals surface area (Å²) in [6, 6.07) is 35.3. The van der Waals surface area contributed by atoms with Gasteiger partial charge in [-0.25, -0.2) is 0 Å². The molecule has 0 aliphatic heterocycles. The molecule has 1 aliphatic rings. The summed E-state index contributed by atoms with van der Waals surface area (Å²) in [5.74, 6) is 1.87. The second kappa shape index (κ2) is 19.3. The summed E-state index contributed by atoms with van der Waals surface area (Å²) in [7, 11) is 0. The first-order valence-corrected chi connectivity index (χ1v) is 14.2. The Kier molecular flexibility index (Phi) is 17.9. The fourth-order valence-electron chi connectivity index (χ4n) is 5.78. The number of allylic oxidation sites excluding steroid dienone is 2. The fraction of sp³-hybridized carbons (Fsp3) is 0.297. The molecule has 0 saturated heterocycles. The van der Waals surface area contributed by atoms with Crippen LogP contribution in [0, 0.1) is 24.7 Å². The first kappa shape index (κ1) is 38.0. The van der Waals surface area contributed by atoms with Crippen molar-refractivity contribution in [2.45, 2.75) is 58.3 Å². The smallest absolute Gasteiger partial charge is 0.192 e. The third-order valence-corrected chi connectivity index (χ3v) is 8.07. The molecule has 0 aromatic heterocycles. The summed E-state index contributed by atoms with van der Waals surface area (Å²) in [6.07, 6.45) is 14.5. The number of hydrogen-bond donors (Lipinski definition) is 0. The maximum atomic E-state index is 2.62. The van der Waals surface area contributed by atoms with Crippen molar-refractivity contribution in [2.24, 2.45) is 11.8 Å². The maximum absolute atomic E-state index is 2.62. The quantitative estimate of drug-likeness (QED) is 0.160. The average Bonchev–Trinajstić information content (AvgIpc) is 2.95. The van der Waals surface area contributed by atoms with E-state index in [2.05, 4.69) is 130 Å². The minimum atomic E-state index is 0. The Bertz CT molecular complexity index is 1310. The molecule has 0 bridgehead atoms. The molecule has 0 nitrogen and oxygen atoms in total. The van der Waals surface area contributed by atoms with Crippen molar-refractivity contribution in [2.75, 3.05) is 0 Å². The second-order valence-corrected chi connectivity index (χ2v) is 11.1. The van der Waals surface area contributed by atoms with E-state index in [1.807, 2.05) is 0 Å². The molecule has 0 heterocycles. The van der Waals surface area contributed by atoms with E-state index in [-0.39, 0.29) is 75.4 Å². The van der Waals surface area contributed by atoms with Gasteiger partial charge in [-0.05, 0) is 46.7 Å². The second-order valence-electron chi connectivity index (χ2n) is 11.1. The molecule has 0 fully saturated rings. The Labute approximate surface area is 297 Å². The summed E-state index contributed by atoms with van der Waals surface area (Å²) in [5, 5.41) is 2.89. The summed E-state index contributed by atoms with van der Waals surface area (Å²) in [6.45, 7) is 4.81. The van der Waals surface area contributed by atoms with Crippen molar-refractivity contribution in [1.82, 2.24) is 0 Å². The number of hydrogen-bond acceptors (Lipinski definition) is 0. The van der Waals surface area contributed by atoms with Gasteiger partial charge < -0.3 is 0 Å². The van der Waals surface area contributed by atoms with Gasteiger partial charge in [-0.15, -0.1) is 24.3 Å². The van der Waals surface area contributed by atoms with Crippen LogP contribution in [0.15, 0.2) is 103 Å². The molecule has 190 valence electrons. The van der Waals surface area contributed by atoms with Gasteiger partial charge in [0.25, 0.3) is 0 Å². The third-order valence-electron chi connectivity index (χ3n) is 8.07. The molecule has 5 rings (SSSR count). The van der Waals surface area contributed by atoms with Gasteiger partial charge in [0.1, 0.15) is 0 Å². The molecule has 0 spiro atoms. The average molecular weight is 512 g/mol. The van der Waals surface area contributed by atoms with Gasteiger partial charge >= 0.3 is 75.4 Å². The molecule has 4 aromatic rings. The third kappa shape index (κ3) is 10.6. The Morgan fingerprint density at radius 2 is 1.15 bits per heavy atom. The van der Waals surface area contributed by atoms with Crippen LogP contribution in [0.25, 0.3) is 16.3 Å². The molecule has 4 aromatic carbocycles. The van der Waals surface area contributed by atoms with Crippen LogP contribution in [-0.4, -0.2) is 0 Å². The van der Waals surface area contributed by atoms with E-state index >= 15 is 0 Å². The van der Waals surface area contributed by atoms with Crippen LogP contribution < -0.4 is 75.4 Å². The molecule has 3 atom stereocenters. The van der Waals surface area contributed by atoms with Crippen molar-refractivity contribution < 1.29 is 75.4 Å². The predicted molar refractivity (Wildman–Crippen MR) is 160 cm³/mol. The van der Waals surface area contributed by atoms with Crippen LogP contribution in [0.1, 0.15) is 80.5 Å². The molecule has 4 heteroatoms. The predicted octanol–water partition coefficient (Wildman–Crippen LogP) is -1.55. The van der Waals surface area contributed by atoms with Crippen LogP contribution in [0.5, 0.6) is 0 Å². The van der Waals surface area contributed by atoms with E-state index in [4.69, 9.17) is 0 Å². The number of rotatable bonds is 12. The zero-order chi connectivity index (χ0) is 25.5. The van der Waals surface area contributed by atoms with Crippen molar-refractivity contribution >= 4 is 16.3 Å². The molecular weight excluding hydrogens is 472 g/mol. The van der Waals surface area contributed by atoms with Crippen molar-refractivity contribution in [3.8, 4) is 0 Å². The van der Waals surface area contributed by atoms with Crippen LogP contribution in [-0.2, 0) is 0 Å². The minimum absolute atomic E-state index is 0. The van der Waals surface area contributed by atoms with Gasteiger partial charge in [0.05, 0.1) is 0 Å². The van der Waals surface area contributed by atoms with Gasteiger partial charge in [-0.2, -0.15) is 48.2 Å². The summed E-state index contributed by atoms with van der Waals surface area (Å²) >= 11 is 0. The summed E-state index contributed by atoms with van der Waals surface area (Å²) in [5.41, 5.74) is 7.23. The van der Waals surface area contributed by atoms with Crippen LogP contribution in [0.2, 0.25) is 0 Å². The van der Waals surface area contributed by atoms with Crippen molar-refractivity contribution in [3.05, 3.63) is 138 Å². The zero-order valence-electron chi connectivity index (χ0n) is 26.4. The SMILES string of the molecule is CC(C[CH-]c1ccccc1)CCC1=CC(CCC(C)C[CH-]c2ccccc2)c2cccc3cccc1c23.[Li+].[Li+].[Li+].[Li+]. The molecule has 0 saturated carbocycles. The Morgan fingerprint density at radius 3 is 1.73 bits per heavy atom.